The number of pyridine rings is 1. The molecule has 0 saturated carbocycles. The monoisotopic (exact) mass is 428 g/mol. The molecule has 0 unspecified atom stereocenters. The minimum atomic E-state index is -0.161. The number of urea groups is 1. The third-order valence-corrected chi connectivity index (χ3v) is 6.03. The number of amides is 2. The molecule has 1 fully saturated rings. The maximum absolute atomic E-state index is 12.5. The highest BCUT2D eigenvalue weighted by atomic mass is 32.2. The number of thioether (sulfide) groups is 1. The number of morpholine rings is 1. The second-order valence-electron chi connectivity index (χ2n) is 7.92. The topological polar surface area (TPSA) is 66.5 Å². The van der Waals surface area contributed by atoms with Crippen LogP contribution in [-0.2, 0) is 10.5 Å². The molecule has 2 aromatic rings. The Kier molecular flexibility index (Phi) is 8.99. The lowest BCUT2D eigenvalue weighted by Gasteiger charge is -2.35. The lowest BCUT2D eigenvalue weighted by atomic mass is 10.0. The molecule has 0 aliphatic carbocycles. The normalized spacial score (nSPS) is 15.7. The number of anilines is 1. The van der Waals surface area contributed by atoms with Gasteiger partial charge in [0.25, 0.3) is 0 Å². The largest absolute Gasteiger partial charge is 0.379 e. The van der Waals surface area contributed by atoms with E-state index < -0.39 is 0 Å². The van der Waals surface area contributed by atoms with Crippen LogP contribution < -0.4 is 10.6 Å². The van der Waals surface area contributed by atoms with Gasteiger partial charge in [0.1, 0.15) is 0 Å². The molecule has 162 valence electrons. The van der Waals surface area contributed by atoms with Crippen LogP contribution >= 0.6 is 11.8 Å². The van der Waals surface area contributed by atoms with Crippen LogP contribution in [0.25, 0.3) is 0 Å². The predicted molar refractivity (Wildman–Crippen MR) is 123 cm³/mol. The van der Waals surface area contributed by atoms with Crippen molar-refractivity contribution in [1.29, 1.82) is 0 Å². The molecule has 2 N–H and O–H groups in total. The summed E-state index contributed by atoms with van der Waals surface area (Å²) in [6.07, 6.45) is 2.86. The van der Waals surface area contributed by atoms with E-state index in [-0.39, 0.29) is 6.03 Å². The first kappa shape index (κ1) is 22.6. The number of benzene rings is 1. The number of aromatic nitrogens is 1. The second kappa shape index (κ2) is 11.9. The molecule has 0 bridgehead atoms. The van der Waals surface area contributed by atoms with Gasteiger partial charge in [-0.05, 0) is 42.2 Å². The zero-order valence-electron chi connectivity index (χ0n) is 17.8. The van der Waals surface area contributed by atoms with Gasteiger partial charge in [0.05, 0.1) is 18.2 Å². The maximum atomic E-state index is 12.5. The molecule has 3 rings (SSSR count). The summed E-state index contributed by atoms with van der Waals surface area (Å²) in [6.45, 7) is 8.48. The van der Waals surface area contributed by atoms with Gasteiger partial charge in [-0.1, -0.05) is 32.0 Å². The highest BCUT2D eigenvalue weighted by Crippen LogP contribution is 2.22. The van der Waals surface area contributed by atoms with E-state index in [1.165, 1.54) is 0 Å². The van der Waals surface area contributed by atoms with Crippen LogP contribution in [-0.4, -0.2) is 54.8 Å². The summed E-state index contributed by atoms with van der Waals surface area (Å²) >= 11 is 1.68. The fraction of sp³-hybridized carbons (Fsp3) is 0.478. The molecule has 2 heterocycles. The Morgan fingerprint density at radius 1 is 1.20 bits per heavy atom. The van der Waals surface area contributed by atoms with E-state index in [2.05, 4.69) is 40.4 Å². The van der Waals surface area contributed by atoms with Crippen LogP contribution in [0, 0.1) is 5.92 Å². The minimum Gasteiger partial charge on any atom is -0.379 e. The Morgan fingerprint density at radius 2 is 2.03 bits per heavy atom. The number of hydrogen-bond acceptors (Lipinski definition) is 5. The molecule has 1 aromatic carbocycles. The van der Waals surface area contributed by atoms with E-state index in [9.17, 15) is 4.79 Å². The van der Waals surface area contributed by atoms with Crippen molar-refractivity contribution in [3.05, 3.63) is 54.2 Å². The summed E-state index contributed by atoms with van der Waals surface area (Å²) in [6, 6.07) is 14.1. The summed E-state index contributed by atoms with van der Waals surface area (Å²) in [7, 11) is 0. The highest BCUT2D eigenvalue weighted by Gasteiger charge is 2.22. The molecule has 1 aliphatic rings. The van der Waals surface area contributed by atoms with Crippen LogP contribution in [0.5, 0.6) is 0 Å². The van der Waals surface area contributed by atoms with Crippen LogP contribution in [0.15, 0.2) is 53.7 Å². The highest BCUT2D eigenvalue weighted by molar-refractivity contribution is 7.98. The minimum absolute atomic E-state index is 0.161. The van der Waals surface area contributed by atoms with Crippen molar-refractivity contribution >= 4 is 23.5 Å². The van der Waals surface area contributed by atoms with Gasteiger partial charge in [0, 0.05) is 43.3 Å². The molecule has 0 spiro atoms. The standard InChI is InChI=1S/C23H32N4O2S/c1-18(2)14-21(27-10-12-29-13-11-27)16-25-23(28)26-20-7-5-6-19(15-20)17-30-22-8-3-4-9-24-22/h3-9,15,18,21H,10-14,16-17H2,1-2H3,(H2,25,26,28)/t21-/m0/s1. The third kappa shape index (κ3) is 7.63. The smallest absolute Gasteiger partial charge is 0.319 e. The molecule has 7 heteroatoms. The molecule has 2 amide bonds. The van der Waals surface area contributed by atoms with Crippen LogP contribution in [0.3, 0.4) is 0 Å². The Bertz CT molecular complexity index is 782. The van der Waals surface area contributed by atoms with Crippen molar-refractivity contribution in [3.63, 3.8) is 0 Å². The SMILES string of the molecule is CC(C)C[C@@H](CNC(=O)Nc1cccc(CSc2ccccn2)c1)N1CCOCC1. The fourth-order valence-electron chi connectivity index (χ4n) is 3.56. The van der Waals surface area contributed by atoms with Gasteiger partial charge < -0.3 is 15.4 Å². The molecule has 1 aromatic heterocycles. The van der Waals surface area contributed by atoms with Crippen molar-refractivity contribution in [2.75, 3.05) is 38.2 Å². The zero-order valence-corrected chi connectivity index (χ0v) is 18.7. The Balaban J connectivity index is 1.49. The van der Waals surface area contributed by atoms with Gasteiger partial charge in [0.2, 0.25) is 0 Å². The Morgan fingerprint density at radius 3 is 2.77 bits per heavy atom. The summed E-state index contributed by atoms with van der Waals surface area (Å²) in [5, 5.41) is 7.03. The van der Waals surface area contributed by atoms with Gasteiger partial charge in [-0.15, -0.1) is 11.8 Å². The number of ether oxygens (including phenoxy) is 1. The van der Waals surface area contributed by atoms with E-state index in [4.69, 9.17) is 4.74 Å². The Labute approximate surface area is 183 Å². The lowest BCUT2D eigenvalue weighted by molar-refractivity contribution is 0.0130. The molecule has 1 saturated heterocycles. The van der Waals surface area contributed by atoms with E-state index in [0.717, 1.165) is 54.8 Å². The quantitative estimate of drug-likeness (QED) is 0.585. The van der Waals surface area contributed by atoms with Gasteiger partial charge in [-0.3, -0.25) is 4.90 Å². The van der Waals surface area contributed by atoms with Crippen molar-refractivity contribution in [2.24, 2.45) is 5.92 Å². The van der Waals surface area contributed by atoms with Crippen molar-refractivity contribution in [2.45, 2.75) is 37.1 Å². The van der Waals surface area contributed by atoms with Crippen LogP contribution in [0.1, 0.15) is 25.8 Å². The first-order chi connectivity index (χ1) is 14.6. The van der Waals surface area contributed by atoms with E-state index in [0.29, 0.717) is 18.5 Å². The van der Waals surface area contributed by atoms with Crippen LogP contribution in [0.4, 0.5) is 10.5 Å². The molecule has 6 nitrogen and oxygen atoms in total. The fourth-order valence-corrected chi connectivity index (χ4v) is 4.37. The molecule has 0 radical (unpaired) electrons. The second-order valence-corrected chi connectivity index (χ2v) is 8.92. The van der Waals surface area contributed by atoms with Gasteiger partial charge >= 0.3 is 6.03 Å². The summed E-state index contributed by atoms with van der Waals surface area (Å²) in [5.41, 5.74) is 1.95. The average molecular weight is 429 g/mol. The number of nitrogens with one attached hydrogen (secondary N) is 2. The maximum Gasteiger partial charge on any atom is 0.319 e. The predicted octanol–water partition coefficient (Wildman–Crippen LogP) is 4.24. The summed E-state index contributed by atoms with van der Waals surface area (Å²) in [4.78, 5) is 19.3. The van der Waals surface area contributed by atoms with Crippen molar-refractivity contribution < 1.29 is 9.53 Å². The van der Waals surface area contributed by atoms with Crippen molar-refractivity contribution in [3.8, 4) is 0 Å². The molecule has 1 aliphatic heterocycles. The molecular weight excluding hydrogens is 396 g/mol. The van der Waals surface area contributed by atoms with Crippen molar-refractivity contribution in [1.82, 2.24) is 15.2 Å². The van der Waals surface area contributed by atoms with E-state index in [1.54, 1.807) is 18.0 Å². The van der Waals surface area contributed by atoms with E-state index in [1.807, 2.05) is 36.4 Å². The number of nitrogens with zero attached hydrogens (tertiary/aromatic N) is 2. The average Bonchev–Trinajstić information content (AvgIpc) is 2.76. The first-order valence-corrected chi connectivity index (χ1v) is 11.6. The number of hydrogen-bond donors (Lipinski definition) is 2. The molecular formula is C23H32N4O2S. The molecule has 1 atom stereocenters. The first-order valence-electron chi connectivity index (χ1n) is 10.6. The lowest BCUT2D eigenvalue weighted by Crippen LogP contribution is -2.49. The number of carbonyl (C=O) groups excluding carboxylic acids is 1. The number of carbonyl (C=O) groups is 1. The van der Waals surface area contributed by atoms with Crippen LogP contribution in [0.2, 0.25) is 0 Å². The van der Waals surface area contributed by atoms with E-state index >= 15 is 0 Å². The zero-order chi connectivity index (χ0) is 21.2. The summed E-state index contributed by atoms with van der Waals surface area (Å²) in [5.74, 6) is 1.39. The third-order valence-electron chi connectivity index (χ3n) is 5.01. The van der Waals surface area contributed by atoms with Gasteiger partial charge in [-0.2, -0.15) is 0 Å². The Hall–Kier alpha value is -2.09. The van der Waals surface area contributed by atoms with Gasteiger partial charge in [-0.25, -0.2) is 9.78 Å². The molecule has 30 heavy (non-hydrogen) atoms. The summed E-state index contributed by atoms with van der Waals surface area (Å²) < 4.78 is 5.47. The number of rotatable bonds is 9. The van der Waals surface area contributed by atoms with Gasteiger partial charge in [0.15, 0.2) is 0 Å².